The molecule has 17 heavy (non-hydrogen) atoms. The summed E-state index contributed by atoms with van der Waals surface area (Å²) in [4.78, 5) is 2.35. The number of nitrogens with zero attached hydrogens (tertiary/aromatic N) is 3. The van der Waals surface area contributed by atoms with Gasteiger partial charge in [0.1, 0.15) is 0 Å². The van der Waals surface area contributed by atoms with Crippen LogP contribution in [0.15, 0.2) is 6.20 Å². The lowest BCUT2D eigenvalue weighted by molar-refractivity contribution is -0.134. The SMILES string of the molecule is Nc1cnn(C2CN(C3COC3)CCO2)c1Cl. The van der Waals surface area contributed by atoms with E-state index in [1.807, 2.05) is 0 Å². The van der Waals surface area contributed by atoms with Gasteiger partial charge < -0.3 is 15.2 Å². The third kappa shape index (κ3) is 2.01. The number of rotatable bonds is 2. The van der Waals surface area contributed by atoms with Crippen LogP contribution in [-0.2, 0) is 9.47 Å². The van der Waals surface area contributed by atoms with E-state index in [9.17, 15) is 0 Å². The summed E-state index contributed by atoms with van der Waals surface area (Å²) in [6, 6.07) is 0.507. The highest BCUT2D eigenvalue weighted by Crippen LogP contribution is 2.26. The van der Waals surface area contributed by atoms with Crippen LogP contribution in [0.25, 0.3) is 0 Å². The van der Waals surface area contributed by atoms with Crippen molar-refractivity contribution < 1.29 is 9.47 Å². The Kier molecular flexibility index (Phi) is 2.96. The van der Waals surface area contributed by atoms with Gasteiger partial charge in [-0.25, -0.2) is 4.68 Å². The van der Waals surface area contributed by atoms with Crippen molar-refractivity contribution in [3.63, 3.8) is 0 Å². The summed E-state index contributed by atoms with van der Waals surface area (Å²) in [6.45, 7) is 3.99. The van der Waals surface area contributed by atoms with Crippen molar-refractivity contribution in [2.24, 2.45) is 0 Å². The summed E-state index contributed by atoms with van der Waals surface area (Å²) in [5.74, 6) is 0. The summed E-state index contributed by atoms with van der Waals surface area (Å²) >= 11 is 6.07. The average molecular weight is 259 g/mol. The van der Waals surface area contributed by atoms with E-state index in [0.29, 0.717) is 23.5 Å². The van der Waals surface area contributed by atoms with E-state index >= 15 is 0 Å². The summed E-state index contributed by atoms with van der Waals surface area (Å²) < 4.78 is 12.5. The van der Waals surface area contributed by atoms with Gasteiger partial charge in [-0.2, -0.15) is 5.10 Å². The Morgan fingerprint density at radius 1 is 1.47 bits per heavy atom. The van der Waals surface area contributed by atoms with Crippen LogP contribution in [-0.4, -0.2) is 53.6 Å². The van der Waals surface area contributed by atoms with Crippen LogP contribution in [0, 0.1) is 0 Å². The number of nitrogens with two attached hydrogens (primary N) is 1. The second-order valence-electron chi connectivity index (χ2n) is 4.35. The van der Waals surface area contributed by atoms with Crippen molar-refractivity contribution in [3.8, 4) is 0 Å². The zero-order valence-electron chi connectivity index (χ0n) is 9.38. The molecule has 2 N–H and O–H groups in total. The van der Waals surface area contributed by atoms with E-state index in [0.717, 1.165) is 26.3 Å². The lowest BCUT2D eigenvalue weighted by atomic mass is 10.2. The summed E-state index contributed by atoms with van der Waals surface area (Å²) in [6.07, 6.45) is 1.39. The van der Waals surface area contributed by atoms with E-state index < -0.39 is 0 Å². The van der Waals surface area contributed by atoms with Crippen LogP contribution in [0.3, 0.4) is 0 Å². The van der Waals surface area contributed by atoms with Crippen LogP contribution in [0.2, 0.25) is 5.15 Å². The molecule has 2 aliphatic heterocycles. The Morgan fingerprint density at radius 2 is 2.29 bits per heavy atom. The van der Waals surface area contributed by atoms with E-state index in [-0.39, 0.29) is 6.23 Å². The number of halogens is 1. The lowest BCUT2D eigenvalue weighted by Gasteiger charge is -2.41. The monoisotopic (exact) mass is 258 g/mol. The number of morpholine rings is 1. The van der Waals surface area contributed by atoms with Gasteiger partial charge in [-0.05, 0) is 0 Å². The molecule has 0 aromatic carbocycles. The van der Waals surface area contributed by atoms with Crippen LogP contribution in [0.1, 0.15) is 6.23 Å². The molecule has 6 nitrogen and oxygen atoms in total. The maximum atomic E-state index is 6.07. The Labute approximate surface area is 104 Å². The molecule has 0 radical (unpaired) electrons. The molecule has 0 amide bonds. The maximum absolute atomic E-state index is 6.07. The van der Waals surface area contributed by atoms with Gasteiger partial charge in [0.2, 0.25) is 0 Å². The second kappa shape index (κ2) is 4.45. The molecule has 1 unspecified atom stereocenters. The predicted octanol–water partition coefficient (Wildman–Crippen LogP) is 0.348. The molecular formula is C10H15ClN4O2. The molecule has 1 aromatic rings. The first-order chi connectivity index (χ1) is 8.25. The number of ether oxygens (including phenoxy) is 2. The van der Waals surface area contributed by atoms with E-state index in [1.54, 1.807) is 10.9 Å². The van der Waals surface area contributed by atoms with Crippen LogP contribution in [0.4, 0.5) is 5.69 Å². The largest absolute Gasteiger partial charge is 0.395 e. The summed E-state index contributed by atoms with van der Waals surface area (Å²) in [5.41, 5.74) is 6.16. The van der Waals surface area contributed by atoms with Gasteiger partial charge in [-0.15, -0.1) is 0 Å². The van der Waals surface area contributed by atoms with Gasteiger partial charge in [0.25, 0.3) is 0 Å². The van der Waals surface area contributed by atoms with E-state index in [4.69, 9.17) is 26.8 Å². The fraction of sp³-hybridized carbons (Fsp3) is 0.700. The van der Waals surface area contributed by atoms with Crippen molar-refractivity contribution >= 4 is 17.3 Å². The smallest absolute Gasteiger partial charge is 0.164 e. The third-order valence-electron chi connectivity index (χ3n) is 3.25. The standard InChI is InChI=1S/C10H15ClN4O2/c11-10-8(12)3-13-15(10)9-4-14(1-2-17-9)7-5-16-6-7/h3,7,9H,1-2,4-6,12H2. The molecule has 3 heterocycles. The molecule has 1 aromatic heterocycles. The van der Waals surface area contributed by atoms with Gasteiger partial charge in [-0.1, -0.05) is 11.6 Å². The van der Waals surface area contributed by atoms with Crippen molar-refractivity contribution in [2.75, 3.05) is 38.6 Å². The maximum Gasteiger partial charge on any atom is 0.164 e. The molecule has 94 valence electrons. The first-order valence-electron chi connectivity index (χ1n) is 5.67. The minimum absolute atomic E-state index is 0.158. The molecule has 7 heteroatoms. The first kappa shape index (κ1) is 11.3. The van der Waals surface area contributed by atoms with Crippen LogP contribution >= 0.6 is 11.6 Å². The zero-order valence-corrected chi connectivity index (χ0v) is 10.1. The molecule has 0 spiro atoms. The van der Waals surface area contributed by atoms with Crippen LogP contribution < -0.4 is 5.73 Å². The van der Waals surface area contributed by atoms with E-state index in [2.05, 4.69) is 10.00 Å². The zero-order chi connectivity index (χ0) is 11.8. The van der Waals surface area contributed by atoms with Gasteiger partial charge in [-0.3, -0.25) is 4.90 Å². The van der Waals surface area contributed by atoms with Gasteiger partial charge in [0.05, 0.1) is 37.7 Å². The lowest BCUT2D eigenvalue weighted by Crippen LogP contribution is -2.54. The molecule has 0 bridgehead atoms. The molecular weight excluding hydrogens is 244 g/mol. The summed E-state index contributed by atoms with van der Waals surface area (Å²) in [5, 5.41) is 4.60. The van der Waals surface area contributed by atoms with E-state index in [1.165, 1.54) is 0 Å². The topological polar surface area (TPSA) is 65.5 Å². The van der Waals surface area contributed by atoms with Gasteiger partial charge >= 0.3 is 0 Å². The Bertz CT molecular complexity index is 407. The summed E-state index contributed by atoms with van der Waals surface area (Å²) in [7, 11) is 0. The molecule has 2 fully saturated rings. The molecule has 0 saturated carbocycles. The first-order valence-corrected chi connectivity index (χ1v) is 6.05. The number of aromatic nitrogens is 2. The van der Waals surface area contributed by atoms with Crippen molar-refractivity contribution in [1.82, 2.24) is 14.7 Å². The molecule has 0 aliphatic carbocycles. The number of anilines is 1. The highest BCUT2D eigenvalue weighted by molar-refractivity contribution is 6.32. The number of nitrogen functional groups attached to an aromatic ring is 1. The minimum atomic E-state index is -0.158. The normalized spacial score (nSPS) is 27.0. The average Bonchev–Trinajstić information content (AvgIpc) is 2.58. The third-order valence-corrected chi connectivity index (χ3v) is 3.64. The number of hydrogen-bond donors (Lipinski definition) is 1. The van der Waals surface area contributed by atoms with Crippen molar-refractivity contribution in [2.45, 2.75) is 12.3 Å². The molecule has 3 rings (SSSR count). The molecule has 2 aliphatic rings. The van der Waals surface area contributed by atoms with Crippen LogP contribution in [0.5, 0.6) is 0 Å². The molecule has 2 saturated heterocycles. The highest BCUT2D eigenvalue weighted by Gasteiger charge is 2.32. The minimum Gasteiger partial charge on any atom is -0.395 e. The highest BCUT2D eigenvalue weighted by atomic mass is 35.5. The Hall–Kier alpha value is -0.820. The van der Waals surface area contributed by atoms with Crippen molar-refractivity contribution in [3.05, 3.63) is 11.3 Å². The fourth-order valence-electron chi connectivity index (χ4n) is 2.13. The molecule has 1 atom stereocenters. The number of hydrogen-bond acceptors (Lipinski definition) is 5. The fourth-order valence-corrected chi connectivity index (χ4v) is 2.33. The Morgan fingerprint density at radius 3 is 2.88 bits per heavy atom. The quantitative estimate of drug-likeness (QED) is 0.829. The van der Waals surface area contributed by atoms with Gasteiger partial charge in [0.15, 0.2) is 11.4 Å². The predicted molar refractivity (Wildman–Crippen MR) is 62.8 cm³/mol. The second-order valence-corrected chi connectivity index (χ2v) is 4.70. The van der Waals surface area contributed by atoms with Crippen molar-refractivity contribution in [1.29, 1.82) is 0 Å². The van der Waals surface area contributed by atoms with Gasteiger partial charge in [0, 0.05) is 13.1 Å². The Balaban J connectivity index is 1.72.